The molecule has 0 radical (unpaired) electrons. The van der Waals surface area contributed by atoms with Crippen molar-refractivity contribution in [3.05, 3.63) is 69.7 Å². The topological polar surface area (TPSA) is 64.1 Å². The molecule has 6 heteroatoms. The van der Waals surface area contributed by atoms with Crippen LogP contribution in [0.5, 0.6) is 5.75 Å². The van der Waals surface area contributed by atoms with Crippen LogP contribution in [0.25, 0.3) is 0 Å². The van der Waals surface area contributed by atoms with Crippen molar-refractivity contribution in [3.8, 4) is 5.75 Å². The van der Waals surface area contributed by atoms with Gasteiger partial charge in [-0.2, -0.15) is 0 Å². The number of hydrogen-bond acceptors (Lipinski definition) is 6. The molecule has 2 aromatic heterocycles. The van der Waals surface area contributed by atoms with E-state index in [0.29, 0.717) is 17.9 Å². The number of methoxy groups -OCH3 is 1. The van der Waals surface area contributed by atoms with Crippen molar-refractivity contribution < 1.29 is 9.53 Å². The van der Waals surface area contributed by atoms with E-state index in [1.807, 2.05) is 18.2 Å². The van der Waals surface area contributed by atoms with Gasteiger partial charge in [0.25, 0.3) is 0 Å². The van der Waals surface area contributed by atoms with Gasteiger partial charge in [0, 0.05) is 30.0 Å². The van der Waals surface area contributed by atoms with Crippen molar-refractivity contribution >= 4 is 23.1 Å². The van der Waals surface area contributed by atoms with Crippen LogP contribution in [-0.4, -0.2) is 29.4 Å². The van der Waals surface area contributed by atoms with Gasteiger partial charge in [0.15, 0.2) is 5.78 Å². The second-order valence-electron chi connectivity index (χ2n) is 6.62. The molecule has 1 atom stereocenters. The molecule has 0 bridgehead atoms. The van der Waals surface area contributed by atoms with E-state index in [1.165, 1.54) is 10.4 Å². The normalized spacial score (nSPS) is 16.0. The van der Waals surface area contributed by atoms with Crippen molar-refractivity contribution in [2.24, 2.45) is 0 Å². The molecular formula is C21H21N3O2S. The summed E-state index contributed by atoms with van der Waals surface area (Å²) in [7, 11) is 1.66. The Morgan fingerprint density at radius 3 is 2.81 bits per heavy atom. The summed E-state index contributed by atoms with van der Waals surface area (Å²) in [6, 6.07) is 12.2. The van der Waals surface area contributed by atoms with Crippen molar-refractivity contribution in [3.63, 3.8) is 0 Å². The summed E-state index contributed by atoms with van der Waals surface area (Å²) >= 11 is 1.70. The SMILES string of the molecule is COc1ccc(CCNc2ncc3c(n2)C[C@@H](c2cccs2)CC3=O)cc1. The third kappa shape index (κ3) is 4.01. The molecule has 0 saturated heterocycles. The van der Waals surface area contributed by atoms with E-state index < -0.39 is 0 Å². The van der Waals surface area contributed by atoms with E-state index in [2.05, 4.69) is 38.9 Å². The van der Waals surface area contributed by atoms with Crippen LogP contribution >= 0.6 is 11.3 Å². The number of ketones is 1. The first-order valence-corrected chi connectivity index (χ1v) is 9.90. The van der Waals surface area contributed by atoms with E-state index in [4.69, 9.17) is 4.74 Å². The van der Waals surface area contributed by atoms with Gasteiger partial charge in [-0.3, -0.25) is 4.79 Å². The number of aromatic nitrogens is 2. The van der Waals surface area contributed by atoms with E-state index in [0.717, 1.165) is 30.8 Å². The Labute approximate surface area is 162 Å². The first-order valence-electron chi connectivity index (χ1n) is 9.02. The number of nitrogens with zero attached hydrogens (tertiary/aromatic N) is 2. The molecule has 3 aromatic rings. The number of thiophene rings is 1. The summed E-state index contributed by atoms with van der Waals surface area (Å²) < 4.78 is 5.18. The Morgan fingerprint density at radius 2 is 2.07 bits per heavy atom. The zero-order chi connectivity index (χ0) is 18.6. The molecule has 1 aliphatic carbocycles. The third-order valence-electron chi connectivity index (χ3n) is 4.84. The molecule has 0 unspecified atom stereocenters. The number of carbonyl (C=O) groups excluding carboxylic acids is 1. The fourth-order valence-electron chi connectivity index (χ4n) is 3.37. The molecule has 0 amide bonds. The second-order valence-corrected chi connectivity index (χ2v) is 7.60. The van der Waals surface area contributed by atoms with Crippen LogP contribution in [0, 0.1) is 0 Å². The third-order valence-corrected chi connectivity index (χ3v) is 5.88. The lowest BCUT2D eigenvalue weighted by atomic mass is 9.86. The Morgan fingerprint density at radius 1 is 1.22 bits per heavy atom. The minimum Gasteiger partial charge on any atom is -0.497 e. The summed E-state index contributed by atoms with van der Waals surface area (Å²) in [6.07, 6.45) is 3.87. The van der Waals surface area contributed by atoms with Crippen LogP contribution in [0.2, 0.25) is 0 Å². The molecular weight excluding hydrogens is 358 g/mol. The fraction of sp³-hybridized carbons (Fsp3) is 0.286. The molecule has 1 aliphatic rings. The largest absolute Gasteiger partial charge is 0.497 e. The van der Waals surface area contributed by atoms with Gasteiger partial charge in [0.2, 0.25) is 5.95 Å². The Hall–Kier alpha value is -2.73. The summed E-state index contributed by atoms with van der Waals surface area (Å²) in [5.74, 6) is 1.81. The Balaban J connectivity index is 1.41. The van der Waals surface area contributed by atoms with Crippen LogP contribution in [0.4, 0.5) is 5.95 Å². The molecule has 4 rings (SSSR count). The van der Waals surface area contributed by atoms with E-state index in [-0.39, 0.29) is 11.7 Å². The van der Waals surface area contributed by atoms with E-state index in [9.17, 15) is 4.79 Å². The van der Waals surface area contributed by atoms with E-state index >= 15 is 0 Å². The highest BCUT2D eigenvalue weighted by Gasteiger charge is 2.28. The van der Waals surface area contributed by atoms with Gasteiger partial charge in [-0.25, -0.2) is 9.97 Å². The lowest BCUT2D eigenvalue weighted by Gasteiger charge is -2.22. The second kappa shape index (κ2) is 7.88. The summed E-state index contributed by atoms with van der Waals surface area (Å²) in [5, 5.41) is 5.33. The molecule has 2 heterocycles. The van der Waals surface area contributed by atoms with Crippen molar-refractivity contribution in [1.29, 1.82) is 0 Å². The highest BCUT2D eigenvalue weighted by molar-refractivity contribution is 7.10. The van der Waals surface area contributed by atoms with Crippen LogP contribution in [-0.2, 0) is 12.8 Å². The zero-order valence-electron chi connectivity index (χ0n) is 15.1. The molecule has 0 spiro atoms. The number of nitrogens with one attached hydrogen (secondary N) is 1. The maximum absolute atomic E-state index is 12.4. The standard InChI is InChI=1S/C21H21N3O2S/c1-26-16-6-4-14(5-7-16)8-9-22-21-23-13-17-18(24-21)11-15(12-19(17)25)20-3-2-10-27-20/h2-7,10,13,15H,8-9,11-12H2,1H3,(H,22,23,24)/t15-/m1/s1. The van der Waals surface area contributed by atoms with E-state index in [1.54, 1.807) is 24.6 Å². The maximum Gasteiger partial charge on any atom is 0.222 e. The minimum atomic E-state index is 0.138. The minimum absolute atomic E-state index is 0.138. The van der Waals surface area contributed by atoms with Gasteiger partial charge in [-0.1, -0.05) is 18.2 Å². The highest BCUT2D eigenvalue weighted by Crippen LogP contribution is 2.34. The van der Waals surface area contributed by atoms with Gasteiger partial charge in [-0.15, -0.1) is 11.3 Å². The molecule has 1 N–H and O–H groups in total. The number of carbonyl (C=O) groups is 1. The van der Waals surface area contributed by atoms with Crippen molar-refractivity contribution in [1.82, 2.24) is 9.97 Å². The highest BCUT2D eigenvalue weighted by atomic mass is 32.1. The number of rotatable bonds is 6. The number of benzene rings is 1. The number of Topliss-reactive ketones (excluding diaryl/α,β-unsaturated/α-hetero) is 1. The monoisotopic (exact) mass is 379 g/mol. The molecule has 1 aromatic carbocycles. The number of fused-ring (bicyclic) bond motifs is 1. The predicted octanol–water partition coefficient (Wildman–Crippen LogP) is 4.11. The van der Waals surface area contributed by atoms with Gasteiger partial charge >= 0.3 is 0 Å². The van der Waals surface area contributed by atoms with Crippen molar-refractivity contribution in [2.75, 3.05) is 19.0 Å². The lowest BCUT2D eigenvalue weighted by Crippen LogP contribution is -2.21. The fourth-order valence-corrected chi connectivity index (χ4v) is 4.20. The number of ether oxygens (including phenoxy) is 1. The molecule has 0 fully saturated rings. The summed E-state index contributed by atoms with van der Waals surface area (Å²) in [4.78, 5) is 22.7. The Kier molecular flexibility index (Phi) is 5.16. The molecule has 5 nitrogen and oxygen atoms in total. The zero-order valence-corrected chi connectivity index (χ0v) is 16.0. The van der Waals surface area contributed by atoms with Gasteiger partial charge in [0.1, 0.15) is 5.75 Å². The first kappa shape index (κ1) is 17.7. The molecule has 0 aliphatic heterocycles. The van der Waals surface area contributed by atoms with Gasteiger partial charge in [-0.05, 0) is 42.0 Å². The molecule has 138 valence electrons. The first-order chi connectivity index (χ1) is 13.2. The average molecular weight is 379 g/mol. The van der Waals surface area contributed by atoms with Crippen LogP contribution < -0.4 is 10.1 Å². The van der Waals surface area contributed by atoms with Crippen molar-refractivity contribution in [2.45, 2.75) is 25.2 Å². The van der Waals surface area contributed by atoms with Gasteiger partial charge in [0.05, 0.1) is 18.4 Å². The lowest BCUT2D eigenvalue weighted by molar-refractivity contribution is 0.0963. The van der Waals surface area contributed by atoms with Crippen LogP contribution in [0.1, 0.15) is 38.8 Å². The van der Waals surface area contributed by atoms with Crippen LogP contribution in [0.3, 0.4) is 0 Å². The van der Waals surface area contributed by atoms with Gasteiger partial charge < -0.3 is 10.1 Å². The number of anilines is 1. The molecule has 0 saturated carbocycles. The van der Waals surface area contributed by atoms with Crippen LogP contribution in [0.15, 0.2) is 48.0 Å². The summed E-state index contributed by atoms with van der Waals surface area (Å²) in [6.45, 7) is 0.730. The smallest absolute Gasteiger partial charge is 0.222 e. The molecule has 27 heavy (non-hydrogen) atoms. The quantitative estimate of drug-likeness (QED) is 0.698. The maximum atomic E-state index is 12.4. The Bertz CT molecular complexity index is 923. The number of hydrogen-bond donors (Lipinski definition) is 1. The summed E-state index contributed by atoms with van der Waals surface area (Å²) in [5.41, 5.74) is 2.74. The average Bonchev–Trinajstić information content (AvgIpc) is 3.23. The predicted molar refractivity (Wildman–Crippen MR) is 107 cm³/mol.